The van der Waals surface area contributed by atoms with E-state index in [9.17, 15) is 19.2 Å². The maximum atomic E-state index is 12.9. The molecule has 0 spiro atoms. The van der Waals surface area contributed by atoms with E-state index in [1.54, 1.807) is 4.90 Å². The SMILES string of the molecule is COC(=O)c1ccc(N2C(=O)CC(N(C(C)=O)C3CCCC3)C2=O)cc1. The lowest BCUT2D eigenvalue weighted by Gasteiger charge is -2.32. The van der Waals surface area contributed by atoms with Crippen LogP contribution in [0.15, 0.2) is 24.3 Å². The first kappa shape index (κ1) is 18.1. The monoisotopic (exact) mass is 358 g/mol. The number of esters is 1. The zero-order chi connectivity index (χ0) is 18.8. The number of anilines is 1. The zero-order valence-corrected chi connectivity index (χ0v) is 14.9. The van der Waals surface area contributed by atoms with E-state index in [4.69, 9.17) is 0 Å². The van der Waals surface area contributed by atoms with Crippen LogP contribution in [0, 0.1) is 0 Å². The van der Waals surface area contributed by atoms with Crippen molar-refractivity contribution in [3.05, 3.63) is 29.8 Å². The van der Waals surface area contributed by atoms with Crippen LogP contribution in [0.5, 0.6) is 0 Å². The maximum Gasteiger partial charge on any atom is 0.337 e. The molecule has 1 aromatic rings. The minimum absolute atomic E-state index is 0.00628. The number of ether oxygens (including phenoxy) is 1. The quantitative estimate of drug-likeness (QED) is 0.606. The van der Waals surface area contributed by atoms with Gasteiger partial charge in [0.2, 0.25) is 11.8 Å². The summed E-state index contributed by atoms with van der Waals surface area (Å²) in [6, 6.07) is 5.37. The Hall–Kier alpha value is -2.70. The van der Waals surface area contributed by atoms with Crippen LogP contribution in [-0.4, -0.2) is 47.8 Å². The van der Waals surface area contributed by atoms with Crippen molar-refractivity contribution in [2.24, 2.45) is 0 Å². The lowest BCUT2D eigenvalue weighted by molar-refractivity contribution is -0.139. The van der Waals surface area contributed by atoms with Crippen LogP contribution in [0.25, 0.3) is 0 Å². The molecule has 1 heterocycles. The van der Waals surface area contributed by atoms with Crippen LogP contribution in [0.2, 0.25) is 0 Å². The molecular formula is C19H22N2O5. The number of nitrogens with zero attached hydrogens (tertiary/aromatic N) is 2. The normalized spacial score (nSPS) is 20.5. The highest BCUT2D eigenvalue weighted by Crippen LogP contribution is 2.31. The van der Waals surface area contributed by atoms with Crippen molar-refractivity contribution in [2.45, 2.75) is 51.1 Å². The van der Waals surface area contributed by atoms with E-state index in [1.807, 2.05) is 0 Å². The van der Waals surface area contributed by atoms with Gasteiger partial charge in [-0.15, -0.1) is 0 Å². The van der Waals surface area contributed by atoms with Gasteiger partial charge in [-0.3, -0.25) is 14.4 Å². The largest absolute Gasteiger partial charge is 0.465 e. The molecule has 7 nitrogen and oxygen atoms in total. The molecule has 1 saturated heterocycles. The molecule has 1 aliphatic heterocycles. The molecule has 1 saturated carbocycles. The predicted octanol–water partition coefficient (Wildman–Crippen LogP) is 1.90. The first-order chi connectivity index (χ1) is 12.4. The summed E-state index contributed by atoms with van der Waals surface area (Å²) in [6.45, 7) is 1.45. The van der Waals surface area contributed by atoms with E-state index >= 15 is 0 Å². The van der Waals surface area contributed by atoms with Gasteiger partial charge >= 0.3 is 5.97 Å². The lowest BCUT2D eigenvalue weighted by Crippen LogP contribution is -2.49. The number of imide groups is 1. The van der Waals surface area contributed by atoms with Crippen molar-refractivity contribution in [1.29, 1.82) is 0 Å². The van der Waals surface area contributed by atoms with Gasteiger partial charge in [-0.25, -0.2) is 9.69 Å². The molecule has 3 amide bonds. The standard InChI is InChI=1S/C19H22N2O5/c1-12(22)20(14-5-3-4-6-14)16-11-17(23)21(18(16)24)15-9-7-13(8-10-15)19(25)26-2/h7-10,14,16H,3-6,11H2,1-2H3. The highest BCUT2D eigenvalue weighted by Gasteiger charge is 2.46. The molecule has 26 heavy (non-hydrogen) atoms. The van der Waals surface area contributed by atoms with Crippen LogP contribution < -0.4 is 4.90 Å². The fourth-order valence-electron chi connectivity index (χ4n) is 3.88. The predicted molar refractivity (Wildman–Crippen MR) is 93.5 cm³/mol. The third-order valence-corrected chi connectivity index (χ3v) is 5.09. The van der Waals surface area contributed by atoms with Crippen LogP contribution >= 0.6 is 0 Å². The number of methoxy groups -OCH3 is 1. The van der Waals surface area contributed by atoms with Gasteiger partial charge in [-0.05, 0) is 37.1 Å². The Labute approximate surface area is 151 Å². The van der Waals surface area contributed by atoms with Crippen LogP contribution in [0.3, 0.4) is 0 Å². The van der Waals surface area contributed by atoms with E-state index in [-0.39, 0.29) is 30.2 Å². The summed E-state index contributed by atoms with van der Waals surface area (Å²) in [6.07, 6.45) is 3.79. The first-order valence-corrected chi connectivity index (χ1v) is 8.78. The lowest BCUT2D eigenvalue weighted by atomic mass is 10.1. The summed E-state index contributed by atoms with van der Waals surface area (Å²) in [5.74, 6) is -1.39. The van der Waals surface area contributed by atoms with Gasteiger partial charge in [-0.1, -0.05) is 12.8 Å². The van der Waals surface area contributed by atoms with E-state index in [1.165, 1.54) is 38.3 Å². The van der Waals surface area contributed by atoms with E-state index in [0.29, 0.717) is 11.3 Å². The van der Waals surface area contributed by atoms with Gasteiger partial charge < -0.3 is 9.64 Å². The maximum absolute atomic E-state index is 12.9. The topological polar surface area (TPSA) is 84.0 Å². The third kappa shape index (κ3) is 3.21. The average molecular weight is 358 g/mol. The van der Waals surface area contributed by atoms with Gasteiger partial charge in [0.25, 0.3) is 5.91 Å². The molecule has 2 fully saturated rings. The van der Waals surface area contributed by atoms with Crippen molar-refractivity contribution >= 4 is 29.4 Å². The van der Waals surface area contributed by atoms with Crippen LogP contribution in [0.4, 0.5) is 5.69 Å². The summed E-state index contributed by atoms with van der Waals surface area (Å²) in [4.78, 5) is 51.8. The number of rotatable bonds is 4. The first-order valence-electron chi connectivity index (χ1n) is 8.78. The summed E-state index contributed by atoms with van der Waals surface area (Å²) >= 11 is 0. The smallest absolute Gasteiger partial charge is 0.337 e. The second kappa shape index (κ2) is 7.27. The summed E-state index contributed by atoms with van der Waals surface area (Å²) in [7, 11) is 1.29. The Balaban J connectivity index is 1.84. The van der Waals surface area contributed by atoms with Crippen LogP contribution in [-0.2, 0) is 19.1 Å². The highest BCUT2D eigenvalue weighted by atomic mass is 16.5. The average Bonchev–Trinajstić information content (AvgIpc) is 3.24. The fraction of sp³-hybridized carbons (Fsp3) is 0.474. The molecule has 0 radical (unpaired) electrons. The summed E-state index contributed by atoms with van der Waals surface area (Å²) in [5, 5.41) is 0. The Morgan fingerprint density at radius 1 is 1.12 bits per heavy atom. The molecule has 1 aliphatic carbocycles. The van der Waals surface area contributed by atoms with Crippen molar-refractivity contribution in [2.75, 3.05) is 12.0 Å². The van der Waals surface area contributed by atoms with Crippen LogP contribution in [0.1, 0.15) is 49.4 Å². The van der Waals surface area contributed by atoms with Gasteiger partial charge in [-0.2, -0.15) is 0 Å². The Morgan fingerprint density at radius 2 is 1.73 bits per heavy atom. The summed E-state index contributed by atoms with van der Waals surface area (Å²) < 4.78 is 4.65. The van der Waals surface area contributed by atoms with Crippen molar-refractivity contribution in [3.8, 4) is 0 Å². The van der Waals surface area contributed by atoms with E-state index in [0.717, 1.165) is 30.6 Å². The number of amides is 3. The highest BCUT2D eigenvalue weighted by molar-refractivity contribution is 6.23. The molecule has 0 N–H and O–H groups in total. The van der Waals surface area contributed by atoms with Gasteiger partial charge in [0.1, 0.15) is 6.04 Å². The van der Waals surface area contributed by atoms with Gasteiger partial charge in [0, 0.05) is 13.0 Å². The minimum atomic E-state index is -0.747. The molecule has 3 rings (SSSR count). The molecule has 0 aromatic heterocycles. The van der Waals surface area contributed by atoms with Crippen molar-refractivity contribution in [3.63, 3.8) is 0 Å². The van der Waals surface area contributed by atoms with Crippen molar-refractivity contribution in [1.82, 2.24) is 4.90 Å². The molecule has 2 aliphatic rings. The molecule has 1 aromatic carbocycles. The molecule has 1 unspecified atom stereocenters. The number of carbonyl (C=O) groups excluding carboxylic acids is 4. The Bertz CT molecular complexity index is 737. The second-order valence-electron chi connectivity index (χ2n) is 6.69. The number of hydrogen-bond acceptors (Lipinski definition) is 5. The minimum Gasteiger partial charge on any atom is -0.465 e. The molecular weight excluding hydrogens is 336 g/mol. The zero-order valence-electron chi connectivity index (χ0n) is 14.9. The Morgan fingerprint density at radius 3 is 2.27 bits per heavy atom. The molecule has 138 valence electrons. The number of carbonyl (C=O) groups is 4. The van der Waals surface area contributed by atoms with E-state index in [2.05, 4.69) is 4.74 Å². The second-order valence-corrected chi connectivity index (χ2v) is 6.69. The fourth-order valence-corrected chi connectivity index (χ4v) is 3.88. The number of benzene rings is 1. The molecule has 7 heteroatoms. The van der Waals surface area contributed by atoms with Gasteiger partial charge in [0.05, 0.1) is 24.8 Å². The van der Waals surface area contributed by atoms with Gasteiger partial charge in [0.15, 0.2) is 0 Å². The van der Waals surface area contributed by atoms with Crippen molar-refractivity contribution < 1.29 is 23.9 Å². The molecule has 0 bridgehead atoms. The number of hydrogen-bond donors (Lipinski definition) is 0. The third-order valence-electron chi connectivity index (χ3n) is 5.09. The summed E-state index contributed by atoms with van der Waals surface area (Å²) in [5.41, 5.74) is 0.730. The molecule has 1 atom stereocenters. The van der Waals surface area contributed by atoms with E-state index < -0.39 is 12.0 Å². The Kier molecular flexibility index (Phi) is 5.06.